The van der Waals surface area contributed by atoms with Gasteiger partial charge in [0.15, 0.2) is 0 Å². The third kappa shape index (κ3) is 5.77. The van der Waals surface area contributed by atoms with Crippen LogP contribution in [0.2, 0.25) is 0 Å². The number of hydrogen-bond donors (Lipinski definition) is 2. The van der Waals surface area contributed by atoms with Crippen molar-refractivity contribution in [3.8, 4) is 5.75 Å². The molecule has 4 nitrogen and oxygen atoms in total. The second-order valence-electron chi connectivity index (χ2n) is 7.30. The molecule has 0 bridgehead atoms. The lowest BCUT2D eigenvalue weighted by atomic mass is 9.82. The van der Waals surface area contributed by atoms with Crippen molar-refractivity contribution >= 4 is 11.7 Å². The summed E-state index contributed by atoms with van der Waals surface area (Å²) in [6, 6.07) is 6.93. The number of hydrogen-bond acceptors (Lipinski definition) is 3. The molecule has 1 saturated carbocycles. The summed E-state index contributed by atoms with van der Waals surface area (Å²) in [4.78, 5) is 10.9. The minimum Gasteiger partial charge on any atom is -0.488 e. The zero-order chi connectivity index (χ0) is 16.9. The fraction of sp³-hybridized carbons (Fsp3) is 0.632. The topological polar surface area (TPSA) is 58.6 Å². The Kier molecular flexibility index (Phi) is 5.91. The number of anilines is 1. The van der Waals surface area contributed by atoms with Crippen molar-refractivity contribution in [3.05, 3.63) is 24.3 Å². The average Bonchev–Trinajstić information content (AvgIpc) is 2.49. The zero-order valence-corrected chi connectivity index (χ0v) is 14.5. The molecular weight excluding hydrogens is 290 g/mol. The highest BCUT2D eigenvalue weighted by Crippen LogP contribution is 2.33. The van der Waals surface area contributed by atoms with Crippen LogP contribution in [-0.4, -0.2) is 22.7 Å². The molecule has 0 spiro atoms. The van der Waals surface area contributed by atoms with E-state index in [1.807, 2.05) is 24.3 Å². The second-order valence-corrected chi connectivity index (χ2v) is 7.30. The molecule has 1 atom stereocenters. The van der Waals surface area contributed by atoms with Gasteiger partial charge in [0.25, 0.3) is 0 Å². The van der Waals surface area contributed by atoms with Crippen LogP contribution in [0.15, 0.2) is 24.3 Å². The van der Waals surface area contributed by atoms with Gasteiger partial charge in [0.05, 0.1) is 0 Å². The fourth-order valence-electron chi connectivity index (χ4n) is 3.38. The number of ether oxygens (including phenoxy) is 1. The number of benzene rings is 1. The molecule has 23 heavy (non-hydrogen) atoms. The van der Waals surface area contributed by atoms with Crippen molar-refractivity contribution < 1.29 is 14.6 Å². The van der Waals surface area contributed by atoms with Crippen LogP contribution in [0.3, 0.4) is 0 Å². The minimum absolute atomic E-state index is 0.175. The van der Waals surface area contributed by atoms with E-state index in [1.165, 1.54) is 32.1 Å². The Bertz CT molecular complexity index is 504. The van der Waals surface area contributed by atoms with Crippen LogP contribution in [0.5, 0.6) is 5.75 Å². The maximum Gasteiger partial charge on any atom is 0.325 e. The van der Waals surface area contributed by atoms with Crippen LogP contribution >= 0.6 is 0 Å². The number of rotatable bonds is 7. The van der Waals surface area contributed by atoms with Gasteiger partial charge in [0, 0.05) is 5.69 Å². The molecule has 4 heteroatoms. The molecule has 1 aromatic rings. The van der Waals surface area contributed by atoms with Gasteiger partial charge >= 0.3 is 5.97 Å². The molecule has 1 aliphatic carbocycles. The summed E-state index contributed by atoms with van der Waals surface area (Å²) in [6.07, 6.45) is 7.81. The largest absolute Gasteiger partial charge is 0.488 e. The molecule has 0 saturated heterocycles. The molecule has 2 N–H and O–H groups in total. The highest BCUT2D eigenvalue weighted by Gasteiger charge is 2.26. The molecule has 1 unspecified atom stereocenters. The van der Waals surface area contributed by atoms with Crippen molar-refractivity contribution in [1.82, 2.24) is 0 Å². The van der Waals surface area contributed by atoms with E-state index in [0.29, 0.717) is 0 Å². The van der Waals surface area contributed by atoms with Crippen molar-refractivity contribution in [2.24, 2.45) is 5.92 Å². The standard InChI is InChI=1S/C19H29NO3/c1-14(18(21)22)20-16-9-11-17(12-10-16)23-19(2,3)13-15-7-5-4-6-8-15/h9-12,14-15,20H,4-8,13H2,1-3H3,(H,21,22). The van der Waals surface area contributed by atoms with E-state index in [1.54, 1.807) is 6.92 Å². The summed E-state index contributed by atoms with van der Waals surface area (Å²) in [5.74, 6) is 0.745. The molecule has 1 aromatic carbocycles. The summed E-state index contributed by atoms with van der Waals surface area (Å²) in [6.45, 7) is 5.93. The third-order valence-electron chi connectivity index (χ3n) is 4.51. The molecule has 1 fully saturated rings. The monoisotopic (exact) mass is 319 g/mol. The third-order valence-corrected chi connectivity index (χ3v) is 4.51. The quantitative estimate of drug-likeness (QED) is 0.765. The van der Waals surface area contributed by atoms with Gasteiger partial charge in [0.2, 0.25) is 0 Å². The average molecular weight is 319 g/mol. The summed E-state index contributed by atoms with van der Waals surface area (Å²) in [5, 5.41) is 11.9. The Morgan fingerprint density at radius 1 is 1.26 bits per heavy atom. The molecule has 0 heterocycles. The van der Waals surface area contributed by atoms with Gasteiger partial charge in [-0.25, -0.2) is 0 Å². The maximum atomic E-state index is 10.9. The first kappa shape index (κ1) is 17.6. The highest BCUT2D eigenvalue weighted by atomic mass is 16.5. The first-order valence-corrected chi connectivity index (χ1v) is 8.64. The van der Waals surface area contributed by atoms with E-state index >= 15 is 0 Å². The number of aliphatic carboxylic acids is 1. The van der Waals surface area contributed by atoms with E-state index in [4.69, 9.17) is 9.84 Å². The minimum atomic E-state index is -0.862. The van der Waals surface area contributed by atoms with Gasteiger partial charge in [-0.3, -0.25) is 4.79 Å². The summed E-state index contributed by atoms with van der Waals surface area (Å²) >= 11 is 0. The van der Waals surface area contributed by atoms with Crippen LogP contribution in [-0.2, 0) is 4.79 Å². The van der Waals surface area contributed by atoms with Crippen LogP contribution in [0, 0.1) is 5.92 Å². The van der Waals surface area contributed by atoms with E-state index in [-0.39, 0.29) is 5.60 Å². The number of carbonyl (C=O) groups is 1. The van der Waals surface area contributed by atoms with Gasteiger partial charge < -0.3 is 15.2 Å². The predicted molar refractivity (Wildman–Crippen MR) is 93.1 cm³/mol. The summed E-state index contributed by atoms with van der Waals surface area (Å²) in [7, 11) is 0. The van der Waals surface area contributed by atoms with E-state index in [2.05, 4.69) is 19.2 Å². The molecule has 128 valence electrons. The molecule has 0 radical (unpaired) electrons. The Balaban J connectivity index is 1.89. The maximum absolute atomic E-state index is 10.9. The Hall–Kier alpha value is -1.71. The first-order chi connectivity index (χ1) is 10.9. The Morgan fingerprint density at radius 3 is 2.43 bits per heavy atom. The van der Waals surface area contributed by atoms with Crippen LogP contribution in [0.25, 0.3) is 0 Å². The van der Waals surface area contributed by atoms with Gasteiger partial charge in [-0.05, 0) is 57.4 Å². The SMILES string of the molecule is CC(Nc1ccc(OC(C)(C)CC2CCCCC2)cc1)C(=O)O. The van der Waals surface area contributed by atoms with Gasteiger partial charge in [0.1, 0.15) is 17.4 Å². The van der Waals surface area contributed by atoms with Crippen molar-refractivity contribution in [2.75, 3.05) is 5.32 Å². The number of carboxylic acids is 1. The number of nitrogens with one attached hydrogen (secondary N) is 1. The molecule has 0 amide bonds. The Labute approximate surface area is 139 Å². The Morgan fingerprint density at radius 2 is 1.87 bits per heavy atom. The second kappa shape index (κ2) is 7.71. The van der Waals surface area contributed by atoms with Crippen molar-refractivity contribution in [2.45, 2.75) is 70.9 Å². The lowest BCUT2D eigenvalue weighted by Gasteiger charge is -2.32. The zero-order valence-electron chi connectivity index (χ0n) is 14.5. The normalized spacial score (nSPS) is 17.5. The number of carboxylic acid groups (broad SMARTS) is 1. The highest BCUT2D eigenvalue weighted by molar-refractivity contribution is 5.76. The lowest BCUT2D eigenvalue weighted by molar-refractivity contribution is -0.137. The van der Waals surface area contributed by atoms with Crippen LogP contribution in [0.1, 0.15) is 59.3 Å². The van der Waals surface area contributed by atoms with Crippen LogP contribution < -0.4 is 10.1 Å². The fourth-order valence-corrected chi connectivity index (χ4v) is 3.38. The molecular formula is C19H29NO3. The summed E-state index contributed by atoms with van der Waals surface area (Å²) < 4.78 is 6.17. The lowest BCUT2D eigenvalue weighted by Crippen LogP contribution is -2.31. The molecule has 1 aliphatic rings. The van der Waals surface area contributed by atoms with Gasteiger partial charge in [-0.15, -0.1) is 0 Å². The van der Waals surface area contributed by atoms with Crippen molar-refractivity contribution in [1.29, 1.82) is 0 Å². The van der Waals surface area contributed by atoms with E-state index in [9.17, 15) is 4.79 Å². The van der Waals surface area contributed by atoms with E-state index < -0.39 is 12.0 Å². The predicted octanol–water partition coefficient (Wildman–Crippen LogP) is 4.70. The van der Waals surface area contributed by atoms with Crippen molar-refractivity contribution in [3.63, 3.8) is 0 Å². The van der Waals surface area contributed by atoms with Crippen LogP contribution in [0.4, 0.5) is 5.69 Å². The first-order valence-electron chi connectivity index (χ1n) is 8.64. The smallest absolute Gasteiger partial charge is 0.325 e. The molecule has 0 aromatic heterocycles. The summed E-state index contributed by atoms with van der Waals surface area (Å²) in [5.41, 5.74) is 0.614. The molecule has 2 rings (SSSR count). The van der Waals surface area contributed by atoms with Gasteiger partial charge in [-0.2, -0.15) is 0 Å². The van der Waals surface area contributed by atoms with E-state index in [0.717, 1.165) is 23.8 Å². The van der Waals surface area contributed by atoms with Gasteiger partial charge in [-0.1, -0.05) is 32.1 Å². The molecule has 0 aliphatic heterocycles.